The number of hydrogen-bond acceptors (Lipinski definition) is 0. The molecule has 0 aliphatic heterocycles. The van der Waals surface area contributed by atoms with Crippen LogP contribution in [0.25, 0.3) is 32.3 Å². The highest BCUT2D eigenvalue weighted by Gasteiger charge is 2.22. The second-order valence-corrected chi connectivity index (χ2v) is 9.20. The van der Waals surface area contributed by atoms with Crippen LogP contribution in [0.4, 0.5) is 0 Å². The second-order valence-electron chi connectivity index (χ2n) is 9.20. The van der Waals surface area contributed by atoms with Crippen LogP contribution in [0.3, 0.4) is 0 Å². The van der Waals surface area contributed by atoms with Crippen LogP contribution in [0, 0.1) is 0 Å². The first-order chi connectivity index (χ1) is 12.3. The second kappa shape index (κ2) is 5.71. The van der Waals surface area contributed by atoms with Gasteiger partial charge in [0.15, 0.2) is 0 Å². The molecule has 0 fully saturated rings. The molecule has 26 heavy (non-hydrogen) atoms. The summed E-state index contributed by atoms with van der Waals surface area (Å²) in [6, 6.07) is 18.9. The molecule has 0 heterocycles. The molecule has 4 rings (SSSR count). The summed E-state index contributed by atoms with van der Waals surface area (Å²) < 4.78 is 0. The highest BCUT2D eigenvalue weighted by molar-refractivity contribution is 6.23. The van der Waals surface area contributed by atoms with Gasteiger partial charge in [0, 0.05) is 0 Å². The van der Waals surface area contributed by atoms with Crippen molar-refractivity contribution in [2.75, 3.05) is 0 Å². The van der Waals surface area contributed by atoms with E-state index in [0.29, 0.717) is 0 Å². The van der Waals surface area contributed by atoms with Crippen molar-refractivity contribution < 1.29 is 0 Å². The molecule has 0 N–H and O–H groups in total. The Morgan fingerprint density at radius 1 is 0.538 bits per heavy atom. The van der Waals surface area contributed by atoms with Gasteiger partial charge in [-0.3, -0.25) is 0 Å². The minimum Gasteiger partial charge on any atom is -0.0646 e. The third kappa shape index (κ3) is 2.50. The normalized spacial score (nSPS) is 13.3. The Bertz CT molecular complexity index is 940. The number of hydrogen-bond donors (Lipinski definition) is 0. The average Bonchev–Trinajstić information content (AvgIpc) is 2.65. The standard InChI is InChI=1S/C26H30/c1-7-25(3,4)21-13-17-9-11-19-15-22(26(5,6)8-2)16-20-12-10-18(14-21)23(17)24(19)20/h9-16H,7-8H2,1-6H3. The molecule has 0 aliphatic rings. The van der Waals surface area contributed by atoms with Gasteiger partial charge >= 0.3 is 0 Å². The quantitative estimate of drug-likeness (QED) is 0.330. The van der Waals surface area contributed by atoms with Crippen molar-refractivity contribution in [2.24, 2.45) is 0 Å². The molecule has 0 bridgehead atoms. The Morgan fingerprint density at radius 3 is 1.04 bits per heavy atom. The lowest BCUT2D eigenvalue weighted by Crippen LogP contribution is -2.15. The van der Waals surface area contributed by atoms with E-state index in [9.17, 15) is 0 Å². The summed E-state index contributed by atoms with van der Waals surface area (Å²) in [5, 5.41) is 8.35. The minimum absolute atomic E-state index is 0.211. The molecule has 134 valence electrons. The van der Waals surface area contributed by atoms with E-state index < -0.39 is 0 Å². The van der Waals surface area contributed by atoms with Gasteiger partial charge in [0.05, 0.1) is 0 Å². The van der Waals surface area contributed by atoms with Crippen molar-refractivity contribution in [1.82, 2.24) is 0 Å². The largest absolute Gasteiger partial charge is 0.0646 e. The topological polar surface area (TPSA) is 0 Å². The van der Waals surface area contributed by atoms with Gasteiger partial charge < -0.3 is 0 Å². The van der Waals surface area contributed by atoms with Gasteiger partial charge in [0.25, 0.3) is 0 Å². The lowest BCUT2D eigenvalue weighted by molar-refractivity contribution is 0.507. The van der Waals surface area contributed by atoms with E-state index in [1.165, 1.54) is 43.4 Å². The molecule has 0 radical (unpaired) electrons. The fraction of sp³-hybridized carbons (Fsp3) is 0.385. The molecule has 0 nitrogen and oxygen atoms in total. The van der Waals surface area contributed by atoms with Crippen LogP contribution in [-0.4, -0.2) is 0 Å². The van der Waals surface area contributed by atoms with E-state index >= 15 is 0 Å². The van der Waals surface area contributed by atoms with E-state index in [2.05, 4.69) is 90.1 Å². The van der Waals surface area contributed by atoms with Crippen LogP contribution in [0.5, 0.6) is 0 Å². The van der Waals surface area contributed by atoms with Crippen LogP contribution in [0.15, 0.2) is 48.5 Å². The van der Waals surface area contributed by atoms with Crippen LogP contribution in [0.1, 0.15) is 65.5 Å². The predicted octanol–water partition coefficient (Wildman–Crippen LogP) is 7.96. The van der Waals surface area contributed by atoms with Crippen LogP contribution >= 0.6 is 0 Å². The first-order valence-electron chi connectivity index (χ1n) is 10.0. The van der Waals surface area contributed by atoms with Crippen molar-refractivity contribution in [3.05, 3.63) is 59.7 Å². The third-order valence-corrected chi connectivity index (χ3v) is 6.86. The van der Waals surface area contributed by atoms with Crippen LogP contribution < -0.4 is 0 Å². The van der Waals surface area contributed by atoms with Crippen molar-refractivity contribution in [3.63, 3.8) is 0 Å². The lowest BCUT2D eigenvalue weighted by Gasteiger charge is -2.26. The predicted molar refractivity (Wildman–Crippen MR) is 117 cm³/mol. The molecule has 0 aliphatic carbocycles. The Labute approximate surface area is 157 Å². The van der Waals surface area contributed by atoms with Gasteiger partial charge in [-0.25, -0.2) is 0 Å². The molecule has 0 aromatic heterocycles. The first-order valence-corrected chi connectivity index (χ1v) is 10.0. The summed E-state index contributed by atoms with van der Waals surface area (Å²) in [7, 11) is 0. The smallest absolute Gasteiger partial charge is 0.00266 e. The van der Waals surface area contributed by atoms with Crippen molar-refractivity contribution in [2.45, 2.75) is 65.2 Å². The molecular weight excluding hydrogens is 312 g/mol. The van der Waals surface area contributed by atoms with Gasteiger partial charge in [0.2, 0.25) is 0 Å². The van der Waals surface area contributed by atoms with E-state index in [1.54, 1.807) is 0 Å². The maximum atomic E-state index is 2.41. The van der Waals surface area contributed by atoms with Gasteiger partial charge in [-0.2, -0.15) is 0 Å². The van der Waals surface area contributed by atoms with Crippen LogP contribution in [-0.2, 0) is 10.8 Å². The Balaban J connectivity index is 2.06. The SMILES string of the molecule is CCC(C)(C)c1cc2ccc3cc(C(C)(C)CC)cc4ccc(c1)c2c34. The zero-order chi connectivity index (χ0) is 18.7. The molecule has 0 unspecified atom stereocenters. The Kier molecular flexibility index (Phi) is 3.81. The maximum absolute atomic E-state index is 2.41. The van der Waals surface area contributed by atoms with E-state index in [0.717, 1.165) is 12.8 Å². The number of benzene rings is 4. The van der Waals surface area contributed by atoms with Gasteiger partial charge in [-0.15, -0.1) is 0 Å². The average molecular weight is 343 g/mol. The maximum Gasteiger partial charge on any atom is -0.00266 e. The molecule has 0 amide bonds. The molecule has 4 aromatic carbocycles. The van der Waals surface area contributed by atoms with Gasteiger partial charge in [0.1, 0.15) is 0 Å². The zero-order valence-corrected chi connectivity index (χ0v) is 17.0. The Morgan fingerprint density at radius 2 is 0.808 bits per heavy atom. The molecule has 0 heteroatoms. The van der Waals surface area contributed by atoms with Crippen LogP contribution in [0.2, 0.25) is 0 Å². The van der Waals surface area contributed by atoms with Crippen molar-refractivity contribution in [1.29, 1.82) is 0 Å². The first kappa shape index (κ1) is 17.3. The van der Waals surface area contributed by atoms with Gasteiger partial charge in [-0.05, 0) is 67.1 Å². The monoisotopic (exact) mass is 342 g/mol. The number of rotatable bonds is 4. The van der Waals surface area contributed by atoms with Crippen molar-refractivity contribution >= 4 is 32.3 Å². The lowest BCUT2D eigenvalue weighted by atomic mass is 9.78. The van der Waals surface area contributed by atoms with E-state index in [1.807, 2.05) is 0 Å². The summed E-state index contributed by atoms with van der Waals surface area (Å²) in [4.78, 5) is 0. The Hall–Kier alpha value is -2.08. The minimum atomic E-state index is 0.211. The highest BCUT2D eigenvalue weighted by atomic mass is 14.3. The highest BCUT2D eigenvalue weighted by Crippen LogP contribution is 2.40. The summed E-state index contributed by atoms with van der Waals surface area (Å²) in [5.74, 6) is 0. The van der Waals surface area contributed by atoms with E-state index in [-0.39, 0.29) is 10.8 Å². The molecule has 0 atom stereocenters. The molecular formula is C26H30. The van der Waals surface area contributed by atoms with Gasteiger partial charge in [-0.1, -0.05) is 90.1 Å². The molecule has 0 saturated carbocycles. The summed E-state index contributed by atoms with van der Waals surface area (Å²) >= 11 is 0. The fourth-order valence-corrected chi connectivity index (χ4v) is 4.03. The molecule has 0 saturated heterocycles. The summed E-state index contributed by atoms with van der Waals surface area (Å²) in [6.07, 6.45) is 2.30. The van der Waals surface area contributed by atoms with Crippen molar-refractivity contribution in [3.8, 4) is 0 Å². The van der Waals surface area contributed by atoms with E-state index in [4.69, 9.17) is 0 Å². The summed E-state index contributed by atoms with van der Waals surface area (Å²) in [5.41, 5.74) is 3.31. The molecule has 4 aromatic rings. The molecule has 0 spiro atoms. The fourth-order valence-electron chi connectivity index (χ4n) is 4.03. The third-order valence-electron chi connectivity index (χ3n) is 6.86. The zero-order valence-electron chi connectivity index (χ0n) is 17.0. The summed E-state index contributed by atoms with van der Waals surface area (Å²) in [6.45, 7) is 13.9.